The number of rotatable bonds is 16. The number of benzene rings is 2. The van der Waals surface area contributed by atoms with E-state index in [1.165, 1.54) is 50.5 Å². The first kappa shape index (κ1) is 32.4. The molecule has 1 amide bonds. The average Bonchev–Trinajstić information content (AvgIpc) is 3.51. The second-order valence-corrected chi connectivity index (χ2v) is 13.3. The van der Waals surface area contributed by atoms with E-state index in [9.17, 15) is 14.0 Å². The second-order valence-electron chi connectivity index (χ2n) is 12.3. The minimum absolute atomic E-state index is 0.00894. The first-order valence-electron chi connectivity index (χ1n) is 16.7. The number of nitrogens with zero attached hydrogens (tertiary/aromatic N) is 3. The largest absolute Gasteiger partial charge is 0.444 e. The molecule has 1 aromatic heterocycles. The Morgan fingerprint density at radius 1 is 0.886 bits per heavy atom. The molecular weight excluding hydrogens is 573 g/mol. The van der Waals surface area contributed by atoms with Crippen LogP contribution in [0.4, 0.5) is 15.8 Å². The van der Waals surface area contributed by atoms with Crippen molar-refractivity contribution < 1.29 is 18.7 Å². The van der Waals surface area contributed by atoms with E-state index in [0.29, 0.717) is 12.8 Å². The Balaban J connectivity index is 1.06. The fraction of sp³-hybridized carbons (Fsp3) is 0.556. The molecule has 2 aromatic carbocycles. The lowest BCUT2D eigenvalue weighted by Gasteiger charge is -2.36. The van der Waals surface area contributed by atoms with Gasteiger partial charge in [-0.15, -0.1) is 11.3 Å². The topological polar surface area (TPSA) is 53.1 Å². The minimum atomic E-state index is -0.221. The molecule has 0 spiro atoms. The summed E-state index contributed by atoms with van der Waals surface area (Å²) in [6.45, 7) is 6.73. The molecule has 8 heteroatoms. The Labute approximate surface area is 266 Å². The third kappa shape index (κ3) is 8.81. The van der Waals surface area contributed by atoms with E-state index in [4.69, 9.17) is 4.74 Å². The van der Waals surface area contributed by atoms with Crippen molar-refractivity contribution in [2.75, 3.05) is 49.3 Å². The summed E-state index contributed by atoms with van der Waals surface area (Å²) in [6, 6.07) is 11.8. The van der Waals surface area contributed by atoms with Crippen LogP contribution in [0, 0.1) is 5.82 Å². The van der Waals surface area contributed by atoms with Crippen molar-refractivity contribution in [2.24, 2.45) is 0 Å². The van der Waals surface area contributed by atoms with Crippen molar-refractivity contribution in [3.05, 3.63) is 58.7 Å². The Kier molecular flexibility index (Phi) is 12.1. The van der Waals surface area contributed by atoms with Crippen molar-refractivity contribution >= 4 is 44.7 Å². The lowest BCUT2D eigenvalue weighted by molar-refractivity contribution is -0.144. The summed E-state index contributed by atoms with van der Waals surface area (Å²) < 4.78 is 20.8. The van der Waals surface area contributed by atoms with Crippen molar-refractivity contribution in [2.45, 2.75) is 90.4 Å². The van der Waals surface area contributed by atoms with Crippen LogP contribution in [0.2, 0.25) is 0 Å². The number of carbonyl (C=O) groups excluding carboxylic acids is 2. The molecule has 6 nitrogen and oxygen atoms in total. The van der Waals surface area contributed by atoms with E-state index in [1.807, 2.05) is 5.38 Å². The predicted molar refractivity (Wildman–Crippen MR) is 179 cm³/mol. The SMILES string of the molecule is CCCCCCCCCCCC(=O)OCN1C(=O)CCc2ccc(CCN3CCN(c4cc(F)cc5sccc45)CC3)cc21. The molecule has 1 saturated heterocycles. The lowest BCUT2D eigenvalue weighted by atomic mass is 9.98. The number of esters is 1. The van der Waals surface area contributed by atoms with E-state index in [1.54, 1.807) is 28.4 Å². The van der Waals surface area contributed by atoms with E-state index >= 15 is 0 Å². The minimum Gasteiger partial charge on any atom is -0.444 e. The van der Waals surface area contributed by atoms with Gasteiger partial charge in [-0.2, -0.15) is 0 Å². The monoisotopic (exact) mass is 621 g/mol. The number of ether oxygens (including phenoxy) is 1. The van der Waals surface area contributed by atoms with Crippen LogP contribution in [-0.2, 0) is 27.2 Å². The zero-order valence-electron chi connectivity index (χ0n) is 26.3. The van der Waals surface area contributed by atoms with Crippen LogP contribution >= 0.6 is 11.3 Å². The average molecular weight is 622 g/mol. The van der Waals surface area contributed by atoms with Crippen molar-refractivity contribution in [1.82, 2.24) is 4.90 Å². The highest BCUT2D eigenvalue weighted by atomic mass is 32.1. The first-order chi connectivity index (χ1) is 21.5. The fourth-order valence-electron chi connectivity index (χ4n) is 6.45. The number of hydrogen-bond donors (Lipinski definition) is 0. The lowest BCUT2D eigenvalue weighted by Crippen LogP contribution is -2.47. The normalized spacial score (nSPS) is 15.6. The number of piperazine rings is 1. The summed E-state index contributed by atoms with van der Waals surface area (Å²) in [5.74, 6) is -0.384. The molecule has 44 heavy (non-hydrogen) atoms. The zero-order valence-corrected chi connectivity index (χ0v) is 27.1. The molecule has 238 valence electrons. The summed E-state index contributed by atoms with van der Waals surface area (Å²) in [5, 5.41) is 3.16. The zero-order chi connectivity index (χ0) is 30.7. The number of fused-ring (bicyclic) bond motifs is 2. The maximum Gasteiger partial charge on any atom is 0.307 e. The maximum atomic E-state index is 14.2. The van der Waals surface area contributed by atoms with E-state index in [2.05, 4.69) is 41.0 Å². The van der Waals surface area contributed by atoms with Gasteiger partial charge in [-0.25, -0.2) is 4.39 Å². The summed E-state index contributed by atoms with van der Waals surface area (Å²) in [6.07, 6.45) is 13.3. The van der Waals surface area contributed by atoms with E-state index in [0.717, 1.165) is 85.4 Å². The molecule has 0 saturated carbocycles. The molecule has 0 aliphatic carbocycles. The van der Waals surface area contributed by atoms with Crippen LogP contribution < -0.4 is 9.80 Å². The molecule has 5 rings (SSSR count). The number of unbranched alkanes of at least 4 members (excludes halogenated alkanes) is 8. The number of hydrogen-bond acceptors (Lipinski definition) is 6. The number of halogens is 1. The summed E-state index contributed by atoms with van der Waals surface area (Å²) in [7, 11) is 0. The van der Waals surface area contributed by atoms with Gasteiger partial charge in [0.15, 0.2) is 6.73 Å². The first-order valence-corrected chi connectivity index (χ1v) is 17.6. The number of anilines is 2. The fourth-order valence-corrected chi connectivity index (χ4v) is 7.28. The third-order valence-corrected chi connectivity index (χ3v) is 10.00. The summed E-state index contributed by atoms with van der Waals surface area (Å²) >= 11 is 1.58. The third-order valence-electron chi connectivity index (χ3n) is 9.13. The smallest absolute Gasteiger partial charge is 0.307 e. The van der Waals surface area contributed by atoms with Crippen LogP contribution in [0.3, 0.4) is 0 Å². The van der Waals surface area contributed by atoms with Gasteiger partial charge in [0, 0.05) is 61.3 Å². The maximum absolute atomic E-state index is 14.2. The van der Waals surface area contributed by atoms with Crippen LogP contribution in [0.5, 0.6) is 0 Å². The van der Waals surface area contributed by atoms with E-state index in [-0.39, 0.29) is 24.4 Å². The highest BCUT2D eigenvalue weighted by molar-refractivity contribution is 7.17. The quantitative estimate of drug-likeness (QED) is 0.120. The Morgan fingerprint density at radius 2 is 1.64 bits per heavy atom. The second kappa shape index (κ2) is 16.4. The molecule has 2 aliphatic heterocycles. The molecule has 0 N–H and O–H groups in total. The highest BCUT2D eigenvalue weighted by Crippen LogP contribution is 2.33. The molecule has 0 radical (unpaired) electrons. The Hall–Kier alpha value is -2.97. The van der Waals surface area contributed by atoms with Crippen LogP contribution in [-0.4, -0.2) is 56.2 Å². The van der Waals surface area contributed by atoms with Crippen LogP contribution in [0.1, 0.15) is 88.7 Å². The highest BCUT2D eigenvalue weighted by Gasteiger charge is 2.26. The van der Waals surface area contributed by atoms with Gasteiger partial charge in [0.2, 0.25) is 5.91 Å². The Bertz CT molecular complexity index is 1380. The van der Waals surface area contributed by atoms with Gasteiger partial charge in [-0.1, -0.05) is 70.4 Å². The molecule has 0 atom stereocenters. The molecule has 1 fully saturated rings. The van der Waals surface area contributed by atoms with Gasteiger partial charge in [-0.05, 0) is 60.0 Å². The number of carbonyl (C=O) groups is 2. The van der Waals surface area contributed by atoms with Gasteiger partial charge in [0.05, 0.1) is 5.69 Å². The molecule has 3 aromatic rings. The van der Waals surface area contributed by atoms with Gasteiger partial charge in [-0.3, -0.25) is 19.4 Å². The van der Waals surface area contributed by atoms with Gasteiger partial charge >= 0.3 is 5.97 Å². The van der Waals surface area contributed by atoms with Gasteiger partial charge in [0.1, 0.15) is 5.82 Å². The molecule has 0 bridgehead atoms. The molecular formula is C36H48FN3O3S. The van der Waals surface area contributed by atoms with Gasteiger partial charge in [0.25, 0.3) is 0 Å². The van der Waals surface area contributed by atoms with Crippen LogP contribution in [0.15, 0.2) is 41.8 Å². The van der Waals surface area contributed by atoms with Crippen molar-refractivity contribution in [1.29, 1.82) is 0 Å². The van der Waals surface area contributed by atoms with E-state index < -0.39 is 0 Å². The summed E-state index contributed by atoms with van der Waals surface area (Å²) in [5.41, 5.74) is 4.18. The number of thiophene rings is 1. The predicted octanol–water partition coefficient (Wildman–Crippen LogP) is 8.11. The van der Waals surface area contributed by atoms with Gasteiger partial charge < -0.3 is 9.64 Å². The standard InChI is InChI=1S/C36H48FN3O3S/c1-2-3-4-5-6-7-8-9-10-11-36(42)43-27-40-32-24-28(12-13-29(32)14-15-35(40)41)16-18-38-19-21-39(22-20-38)33-25-30(37)26-34-31(33)17-23-44-34/h12-13,17,23-26H,2-11,14-16,18-22,27H2,1H3. The molecule has 2 aliphatic rings. The van der Waals surface area contributed by atoms with Crippen LogP contribution in [0.25, 0.3) is 10.1 Å². The number of amides is 1. The molecule has 3 heterocycles. The van der Waals surface area contributed by atoms with Crippen molar-refractivity contribution in [3.63, 3.8) is 0 Å². The molecule has 0 unspecified atom stereocenters. The Morgan fingerprint density at radius 3 is 2.41 bits per heavy atom. The summed E-state index contributed by atoms with van der Waals surface area (Å²) in [4.78, 5) is 31.7. The number of aryl methyl sites for hydroxylation is 1. The van der Waals surface area contributed by atoms with Crippen molar-refractivity contribution in [3.8, 4) is 0 Å².